The molecule has 2 N–H and O–H groups in total. The van der Waals surface area contributed by atoms with Crippen LogP contribution in [0.3, 0.4) is 0 Å². The first kappa shape index (κ1) is 13.9. The minimum atomic E-state index is -3.71. The fourth-order valence-electron chi connectivity index (χ4n) is 2.38. The number of aryl methyl sites for hydroxylation is 1. The van der Waals surface area contributed by atoms with Crippen LogP contribution in [0.5, 0.6) is 0 Å². The van der Waals surface area contributed by atoms with E-state index in [9.17, 15) is 12.8 Å². The maximum Gasteiger partial charge on any atom is 0.261 e. The van der Waals surface area contributed by atoms with Gasteiger partial charge in [-0.25, -0.2) is 12.8 Å². The molecule has 21 heavy (non-hydrogen) atoms. The number of sulfonamides is 1. The lowest BCUT2D eigenvalue weighted by Gasteiger charge is -2.18. The van der Waals surface area contributed by atoms with Crippen LogP contribution in [-0.2, 0) is 16.4 Å². The van der Waals surface area contributed by atoms with Gasteiger partial charge in [0.05, 0.1) is 10.6 Å². The van der Waals surface area contributed by atoms with Crippen LogP contribution < -0.4 is 10.0 Å². The zero-order chi connectivity index (χ0) is 14.9. The van der Waals surface area contributed by atoms with Gasteiger partial charge < -0.3 is 5.32 Å². The Morgan fingerprint density at radius 3 is 2.81 bits per heavy atom. The fourth-order valence-corrected chi connectivity index (χ4v) is 3.48. The summed E-state index contributed by atoms with van der Waals surface area (Å²) in [6, 6.07) is 10.4. The van der Waals surface area contributed by atoms with Crippen molar-refractivity contribution >= 4 is 21.4 Å². The van der Waals surface area contributed by atoms with E-state index < -0.39 is 15.8 Å². The molecule has 110 valence electrons. The van der Waals surface area contributed by atoms with Crippen LogP contribution in [0.25, 0.3) is 0 Å². The number of rotatable bonds is 3. The Balaban J connectivity index is 1.91. The standard InChI is InChI=1S/C15H15FN2O2S/c16-12-4-1-5-13(10-12)18-21(19,20)14-6-7-15-11(9-14)3-2-8-17-15/h1,4-7,9-10,17-18H,2-3,8H2. The van der Waals surface area contributed by atoms with Gasteiger partial charge in [-0.1, -0.05) is 6.07 Å². The smallest absolute Gasteiger partial charge is 0.261 e. The molecule has 0 fully saturated rings. The molecule has 0 bridgehead atoms. The van der Waals surface area contributed by atoms with Gasteiger partial charge in [0.1, 0.15) is 5.82 Å². The number of fused-ring (bicyclic) bond motifs is 1. The molecule has 3 rings (SSSR count). The highest BCUT2D eigenvalue weighted by Gasteiger charge is 2.17. The molecule has 0 radical (unpaired) electrons. The summed E-state index contributed by atoms with van der Waals surface area (Å²) >= 11 is 0. The molecule has 0 aliphatic carbocycles. The summed E-state index contributed by atoms with van der Waals surface area (Å²) in [6.07, 6.45) is 1.83. The molecular weight excluding hydrogens is 291 g/mol. The van der Waals surface area contributed by atoms with Crippen LogP contribution in [0, 0.1) is 5.82 Å². The lowest BCUT2D eigenvalue weighted by atomic mass is 10.0. The fraction of sp³-hybridized carbons (Fsp3) is 0.200. The van der Waals surface area contributed by atoms with E-state index >= 15 is 0 Å². The number of halogens is 1. The molecule has 2 aromatic carbocycles. The molecule has 0 aromatic heterocycles. The number of benzene rings is 2. The molecule has 6 heteroatoms. The van der Waals surface area contributed by atoms with Crippen LogP contribution in [-0.4, -0.2) is 15.0 Å². The first-order valence-electron chi connectivity index (χ1n) is 6.70. The first-order valence-corrected chi connectivity index (χ1v) is 8.18. The van der Waals surface area contributed by atoms with E-state index in [-0.39, 0.29) is 10.6 Å². The van der Waals surface area contributed by atoms with E-state index in [1.165, 1.54) is 18.2 Å². The van der Waals surface area contributed by atoms with Crippen LogP contribution in [0.15, 0.2) is 47.4 Å². The highest BCUT2D eigenvalue weighted by molar-refractivity contribution is 7.92. The highest BCUT2D eigenvalue weighted by atomic mass is 32.2. The zero-order valence-corrected chi connectivity index (χ0v) is 12.1. The molecule has 0 saturated heterocycles. The molecule has 0 amide bonds. The molecule has 4 nitrogen and oxygen atoms in total. The van der Waals surface area contributed by atoms with E-state index in [0.29, 0.717) is 0 Å². The van der Waals surface area contributed by atoms with Gasteiger partial charge in [0, 0.05) is 12.2 Å². The Kier molecular flexibility index (Phi) is 3.55. The third kappa shape index (κ3) is 3.00. The zero-order valence-electron chi connectivity index (χ0n) is 11.3. The molecule has 1 heterocycles. The first-order chi connectivity index (χ1) is 10.0. The number of anilines is 2. The second-order valence-electron chi connectivity index (χ2n) is 4.97. The van der Waals surface area contributed by atoms with Crippen molar-refractivity contribution in [1.29, 1.82) is 0 Å². The molecule has 1 aliphatic heterocycles. The van der Waals surface area contributed by atoms with Gasteiger partial charge in [0.15, 0.2) is 0 Å². The van der Waals surface area contributed by atoms with Crippen molar-refractivity contribution in [3.63, 3.8) is 0 Å². The van der Waals surface area contributed by atoms with Crippen molar-refractivity contribution in [3.05, 3.63) is 53.8 Å². The van der Waals surface area contributed by atoms with Gasteiger partial charge >= 0.3 is 0 Å². The Bertz CT molecular complexity index is 775. The molecule has 2 aromatic rings. The van der Waals surface area contributed by atoms with Gasteiger partial charge in [-0.3, -0.25) is 4.72 Å². The third-order valence-electron chi connectivity index (χ3n) is 3.40. The maximum absolute atomic E-state index is 13.1. The Morgan fingerprint density at radius 2 is 2.00 bits per heavy atom. The second-order valence-corrected chi connectivity index (χ2v) is 6.65. The summed E-state index contributed by atoms with van der Waals surface area (Å²) in [6.45, 7) is 0.903. The molecule has 0 saturated carbocycles. The van der Waals surface area contributed by atoms with E-state index in [4.69, 9.17) is 0 Å². The second kappa shape index (κ2) is 5.37. The Labute approximate surface area is 123 Å². The quantitative estimate of drug-likeness (QED) is 0.916. The maximum atomic E-state index is 13.1. The molecular formula is C15H15FN2O2S. The average Bonchev–Trinajstić information content (AvgIpc) is 2.46. The number of hydrogen-bond acceptors (Lipinski definition) is 3. The van der Waals surface area contributed by atoms with Crippen LogP contribution in [0.2, 0.25) is 0 Å². The minimum Gasteiger partial charge on any atom is -0.385 e. The van der Waals surface area contributed by atoms with Crippen molar-refractivity contribution in [3.8, 4) is 0 Å². The molecule has 1 aliphatic rings. The summed E-state index contributed by atoms with van der Waals surface area (Å²) in [5.41, 5.74) is 2.18. The predicted octanol–water partition coefficient (Wildman–Crippen LogP) is 2.98. The van der Waals surface area contributed by atoms with E-state index in [1.807, 2.05) is 0 Å². The lowest BCUT2D eigenvalue weighted by Crippen LogP contribution is -2.16. The normalized spacial score (nSPS) is 14.1. The molecule has 0 spiro atoms. The third-order valence-corrected chi connectivity index (χ3v) is 4.78. The summed E-state index contributed by atoms with van der Waals surface area (Å²) in [4.78, 5) is 0.189. The van der Waals surface area contributed by atoms with Gasteiger partial charge in [-0.15, -0.1) is 0 Å². The monoisotopic (exact) mass is 306 g/mol. The van der Waals surface area contributed by atoms with E-state index in [2.05, 4.69) is 10.0 Å². The predicted molar refractivity (Wildman–Crippen MR) is 80.5 cm³/mol. The van der Waals surface area contributed by atoms with Gasteiger partial charge in [-0.05, 0) is 54.8 Å². The average molecular weight is 306 g/mol. The SMILES string of the molecule is O=S(=O)(Nc1cccc(F)c1)c1ccc2c(c1)CCCN2. The number of hydrogen-bond donors (Lipinski definition) is 2. The Morgan fingerprint density at radius 1 is 1.14 bits per heavy atom. The Hall–Kier alpha value is -2.08. The van der Waals surface area contributed by atoms with E-state index in [1.54, 1.807) is 18.2 Å². The van der Waals surface area contributed by atoms with Crippen molar-refractivity contribution in [2.45, 2.75) is 17.7 Å². The highest BCUT2D eigenvalue weighted by Crippen LogP contribution is 2.26. The van der Waals surface area contributed by atoms with Gasteiger partial charge in [0.25, 0.3) is 10.0 Å². The lowest BCUT2D eigenvalue weighted by molar-refractivity contribution is 0.601. The van der Waals surface area contributed by atoms with Gasteiger partial charge in [0.2, 0.25) is 0 Å². The summed E-state index contributed by atoms with van der Waals surface area (Å²) in [7, 11) is -3.71. The van der Waals surface area contributed by atoms with Crippen LogP contribution in [0.1, 0.15) is 12.0 Å². The van der Waals surface area contributed by atoms with Crippen LogP contribution >= 0.6 is 0 Å². The summed E-state index contributed by atoms with van der Waals surface area (Å²) in [5, 5.41) is 3.23. The van der Waals surface area contributed by atoms with Crippen molar-refractivity contribution in [1.82, 2.24) is 0 Å². The number of nitrogens with one attached hydrogen (secondary N) is 2. The van der Waals surface area contributed by atoms with Crippen molar-refractivity contribution in [2.75, 3.05) is 16.6 Å². The van der Waals surface area contributed by atoms with E-state index in [0.717, 1.165) is 36.7 Å². The topological polar surface area (TPSA) is 58.2 Å². The molecule has 0 atom stereocenters. The summed E-state index contributed by atoms with van der Waals surface area (Å²) in [5.74, 6) is -0.482. The van der Waals surface area contributed by atoms with Crippen molar-refractivity contribution < 1.29 is 12.8 Å². The van der Waals surface area contributed by atoms with Crippen LogP contribution in [0.4, 0.5) is 15.8 Å². The van der Waals surface area contributed by atoms with Crippen molar-refractivity contribution in [2.24, 2.45) is 0 Å². The molecule has 0 unspecified atom stereocenters. The van der Waals surface area contributed by atoms with Gasteiger partial charge in [-0.2, -0.15) is 0 Å². The minimum absolute atomic E-state index is 0.189. The largest absolute Gasteiger partial charge is 0.385 e. The summed E-state index contributed by atoms with van der Waals surface area (Å²) < 4.78 is 40.2.